The fourth-order valence-electron chi connectivity index (χ4n) is 2.86. The molecule has 2 rings (SSSR count). The molecule has 0 atom stereocenters. The summed E-state index contributed by atoms with van der Waals surface area (Å²) in [4.78, 5) is 11.8. The molecule has 1 N–H and O–H groups in total. The van der Waals surface area contributed by atoms with Gasteiger partial charge in [0.25, 0.3) is 0 Å². The predicted octanol–water partition coefficient (Wildman–Crippen LogP) is 3.33. The summed E-state index contributed by atoms with van der Waals surface area (Å²) in [7, 11) is 1.94. The van der Waals surface area contributed by atoms with Crippen molar-refractivity contribution in [2.45, 2.75) is 52.4 Å². The van der Waals surface area contributed by atoms with Gasteiger partial charge in [0.2, 0.25) is 5.95 Å². The lowest BCUT2D eigenvalue weighted by molar-refractivity contribution is 0.726. The zero-order valence-electron chi connectivity index (χ0n) is 12.7. The van der Waals surface area contributed by atoms with Crippen molar-refractivity contribution in [3.8, 4) is 0 Å². The summed E-state index contributed by atoms with van der Waals surface area (Å²) in [6.45, 7) is 8.66. The van der Waals surface area contributed by atoms with Crippen molar-refractivity contribution in [3.63, 3.8) is 0 Å². The fourth-order valence-corrected chi connectivity index (χ4v) is 2.86. The Bertz CT molecular complexity index is 420. The average Bonchev–Trinajstić information content (AvgIpc) is 2.65. The van der Waals surface area contributed by atoms with Gasteiger partial charge in [-0.05, 0) is 25.7 Å². The van der Waals surface area contributed by atoms with Gasteiger partial charge in [0, 0.05) is 31.4 Å². The summed E-state index contributed by atoms with van der Waals surface area (Å²) < 4.78 is 0. The minimum Gasteiger partial charge on any atom is -0.373 e. The van der Waals surface area contributed by atoms with Crippen LogP contribution < -0.4 is 10.2 Å². The summed E-state index contributed by atoms with van der Waals surface area (Å²) >= 11 is 0. The van der Waals surface area contributed by atoms with Crippen LogP contribution in [-0.4, -0.2) is 30.1 Å². The Kier molecular flexibility index (Phi) is 4.61. The molecule has 0 aromatic carbocycles. The van der Waals surface area contributed by atoms with Crippen molar-refractivity contribution in [1.29, 1.82) is 0 Å². The second kappa shape index (κ2) is 6.22. The number of aryl methyl sites for hydroxylation is 1. The molecule has 1 aliphatic heterocycles. The van der Waals surface area contributed by atoms with Crippen LogP contribution in [0.25, 0.3) is 0 Å². The molecule has 1 saturated heterocycles. The van der Waals surface area contributed by atoms with Crippen molar-refractivity contribution < 1.29 is 0 Å². The molecule has 1 aliphatic rings. The highest BCUT2D eigenvalue weighted by molar-refractivity contribution is 5.52. The van der Waals surface area contributed by atoms with Crippen LogP contribution in [0.15, 0.2) is 0 Å². The van der Waals surface area contributed by atoms with E-state index < -0.39 is 0 Å². The predicted molar refractivity (Wildman–Crippen MR) is 81.1 cm³/mol. The summed E-state index contributed by atoms with van der Waals surface area (Å²) in [5.74, 6) is 2.33. The van der Waals surface area contributed by atoms with Crippen LogP contribution in [0.5, 0.6) is 0 Å². The molecule has 0 saturated carbocycles. The molecule has 4 nitrogen and oxygen atoms in total. The quantitative estimate of drug-likeness (QED) is 0.907. The molecule has 0 unspecified atom stereocenters. The Morgan fingerprint density at radius 1 is 1.05 bits per heavy atom. The van der Waals surface area contributed by atoms with Crippen LogP contribution in [0.2, 0.25) is 0 Å². The molecule has 0 aliphatic carbocycles. The summed E-state index contributed by atoms with van der Waals surface area (Å²) in [6.07, 6.45) is 5.17. The molecule has 1 aromatic heterocycles. The topological polar surface area (TPSA) is 41.1 Å². The minimum absolute atomic E-state index is 0.445. The van der Waals surface area contributed by atoms with Gasteiger partial charge < -0.3 is 10.2 Å². The van der Waals surface area contributed by atoms with E-state index in [2.05, 4.69) is 31.0 Å². The molecule has 19 heavy (non-hydrogen) atoms. The second-order valence-corrected chi connectivity index (χ2v) is 5.68. The Hall–Kier alpha value is -1.32. The Morgan fingerprint density at radius 3 is 2.21 bits per heavy atom. The minimum atomic E-state index is 0.445. The maximum absolute atomic E-state index is 4.74. The van der Waals surface area contributed by atoms with Gasteiger partial charge in [-0.1, -0.05) is 26.7 Å². The van der Waals surface area contributed by atoms with E-state index in [-0.39, 0.29) is 0 Å². The third kappa shape index (κ3) is 3.17. The fraction of sp³-hybridized carbons (Fsp3) is 0.733. The van der Waals surface area contributed by atoms with Gasteiger partial charge >= 0.3 is 0 Å². The third-order valence-corrected chi connectivity index (χ3v) is 3.83. The van der Waals surface area contributed by atoms with Crippen LogP contribution in [0, 0.1) is 6.92 Å². The lowest BCUT2D eigenvalue weighted by Crippen LogP contribution is -2.27. The monoisotopic (exact) mass is 262 g/mol. The van der Waals surface area contributed by atoms with Gasteiger partial charge in [-0.25, -0.2) is 4.98 Å². The number of nitrogens with one attached hydrogen (secondary N) is 1. The molecule has 2 heterocycles. The number of aromatic nitrogens is 2. The summed E-state index contributed by atoms with van der Waals surface area (Å²) in [6, 6.07) is 0. The molecule has 106 valence electrons. The van der Waals surface area contributed by atoms with Crippen molar-refractivity contribution in [1.82, 2.24) is 9.97 Å². The molecule has 4 heteroatoms. The Labute approximate surface area is 116 Å². The molecule has 0 radical (unpaired) electrons. The first-order chi connectivity index (χ1) is 9.13. The number of hydrogen-bond donors (Lipinski definition) is 1. The van der Waals surface area contributed by atoms with E-state index in [0.717, 1.165) is 30.5 Å². The molecule has 1 aromatic rings. The van der Waals surface area contributed by atoms with Crippen LogP contribution in [0.4, 0.5) is 11.8 Å². The Morgan fingerprint density at radius 2 is 1.68 bits per heavy atom. The standard InChI is InChI=1S/C15H26N4/c1-11(2)13-12(3)17-15(18-14(13)16-4)19-9-7-5-6-8-10-19/h11H,5-10H2,1-4H3,(H,16,17,18). The molecular weight excluding hydrogens is 236 g/mol. The van der Waals surface area contributed by atoms with Crippen LogP contribution in [0.3, 0.4) is 0 Å². The molecular formula is C15H26N4. The highest BCUT2D eigenvalue weighted by atomic mass is 15.3. The number of rotatable bonds is 3. The van der Waals surface area contributed by atoms with E-state index in [0.29, 0.717) is 5.92 Å². The smallest absolute Gasteiger partial charge is 0.227 e. The van der Waals surface area contributed by atoms with Crippen molar-refractivity contribution in [3.05, 3.63) is 11.3 Å². The van der Waals surface area contributed by atoms with Crippen LogP contribution in [-0.2, 0) is 0 Å². The zero-order chi connectivity index (χ0) is 13.8. The first-order valence-electron chi connectivity index (χ1n) is 7.44. The molecule has 0 spiro atoms. The summed E-state index contributed by atoms with van der Waals surface area (Å²) in [5, 5.41) is 3.24. The van der Waals surface area contributed by atoms with E-state index >= 15 is 0 Å². The molecule has 0 bridgehead atoms. The van der Waals surface area contributed by atoms with Gasteiger partial charge in [-0.3, -0.25) is 0 Å². The molecule has 1 fully saturated rings. The van der Waals surface area contributed by atoms with E-state index in [4.69, 9.17) is 9.97 Å². The number of hydrogen-bond acceptors (Lipinski definition) is 4. The first-order valence-corrected chi connectivity index (χ1v) is 7.44. The van der Waals surface area contributed by atoms with Crippen molar-refractivity contribution in [2.75, 3.05) is 30.4 Å². The van der Waals surface area contributed by atoms with Crippen molar-refractivity contribution in [2.24, 2.45) is 0 Å². The lowest BCUT2D eigenvalue weighted by Gasteiger charge is -2.23. The maximum Gasteiger partial charge on any atom is 0.227 e. The zero-order valence-corrected chi connectivity index (χ0v) is 12.7. The number of nitrogens with zero attached hydrogens (tertiary/aromatic N) is 3. The highest BCUT2D eigenvalue weighted by Gasteiger charge is 2.18. The normalized spacial score (nSPS) is 16.6. The third-order valence-electron chi connectivity index (χ3n) is 3.83. The Balaban J connectivity index is 2.33. The largest absolute Gasteiger partial charge is 0.373 e. The van der Waals surface area contributed by atoms with E-state index in [1.54, 1.807) is 0 Å². The van der Waals surface area contributed by atoms with Gasteiger partial charge in [-0.2, -0.15) is 4.98 Å². The number of anilines is 2. The highest BCUT2D eigenvalue weighted by Crippen LogP contribution is 2.27. The van der Waals surface area contributed by atoms with E-state index in [9.17, 15) is 0 Å². The maximum atomic E-state index is 4.74. The SMILES string of the molecule is CNc1nc(N2CCCCCC2)nc(C)c1C(C)C. The van der Waals surface area contributed by atoms with Gasteiger partial charge in [0.1, 0.15) is 5.82 Å². The van der Waals surface area contributed by atoms with Crippen LogP contribution in [0.1, 0.15) is 56.7 Å². The van der Waals surface area contributed by atoms with E-state index in [1.807, 2.05) is 7.05 Å². The van der Waals surface area contributed by atoms with E-state index in [1.165, 1.54) is 31.2 Å². The van der Waals surface area contributed by atoms with Gasteiger partial charge in [-0.15, -0.1) is 0 Å². The average molecular weight is 262 g/mol. The van der Waals surface area contributed by atoms with Gasteiger partial charge in [0.05, 0.1) is 0 Å². The molecule has 0 amide bonds. The first kappa shape index (κ1) is 14.1. The summed E-state index contributed by atoms with van der Waals surface area (Å²) in [5.41, 5.74) is 2.34. The van der Waals surface area contributed by atoms with Gasteiger partial charge in [0.15, 0.2) is 0 Å². The lowest BCUT2D eigenvalue weighted by atomic mass is 10.0. The second-order valence-electron chi connectivity index (χ2n) is 5.68. The van der Waals surface area contributed by atoms with Crippen LogP contribution >= 0.6 is 0 Å². The van der Waals surface area contributed by atoms with Crippen molar-refractivity contribution >= 4 is 11.8 Å².